The van der Waals surface area contributed by atoms with Gasteiger partial charge in [-0.05, 0) is 16.8 Å². The summed E-state index contributed by atoms with van der Waals surface area (Å²) in [4.78, 5) is 0. The van der Waals surface area contributed by atoms with E-state index < -0.39 is 8.07 Å². The van der Waals surface area contributed by atoms with E-state index >= 15 is 0 Å². The summed E-state index contributed by atoms with van der Waals surface area (Å²) in [6.45, 7) is 6.81. The molecule has 0 aliphatic carbocycles. The first-order valence-electron chi connectivity index (χ1n) is 5.57. The molecule has 0 atom stereocenters. The maximum absolute atomic E-state index is 3.42. The average Bonchev–Trinajstić information content (AvgIpc) is 2.25. The number of benzene rings is 2. The molecular weight excluding hydrogens is 208 g/mol. The van der Waals surface area contributed by atoms with Gasteiger partial charge in [0.15, 0.2) is 0 Å². The van der Waals surface area contributed by atoms with E-state index in [-0.39, 0.29) is 0 Å². The lowest BCUT2D eigenvalue weighted by Gasteiger charge is -2.04. The summed E-state index contributed by atoms with van der Waals surface area (Å²) in [5, 5.41) is 2.53. The van der Waals surface area contributed by atoms with Crippen LogP contribution in [0.3, 0.4) is 0 Å². The smallest absolute Gasteiger partial charge is 0.127 e. The van der Waals surface area contributed by atoms with E-state index in [9.17, 15) is 0 Å². The van der Waals surface area contributed by atoms with Crippen molar-refractivity contribution in [1.82, 2.24) is 0 Å². The Morgan fingerprint density at radius 2 is 1.56 bits per heavy atom. The summed E-state index contributed by atoms with van der Waals surface area (Å²) in [7, 11) is -1.29. The van der Waals surface area contributed by atoms with E-state index in [0.29, 0.717) is 0 Å². The van der Waals surface area contributed by atoms with Crippen molar-refractivity contribution in [3.63, 3.8) is 0 Å². The van der Waals surface area contributed by atoms with E-state index in [1.807, 2.05) is 0 Å². The maximum atomic E-state index is 3.42. The van der Waals surface area contributed by atoms with Crippen LogP contribution in [0, 0.1) is 11.5 Å². The summed E-state index contributed by atoms with van der Waals surface area (Å²) < 4.78 is 0. The van der Waals surface area contributed by atoms with Gasteiger partial charge in [0, 0.05) is 5.56 Å². The highest BCUT2D eigenvalue weighted by molar-refractivity contribution is 6.83. The number of rotatable bonds is 0. The Morgan fingerprint density at radius 1 is 0.875 bits per heavy atom. The Kier molecular flexibility index (Phi) is 2.85. The largest absolute Gasteiger partial charge is 0.129 e. The summed E-state index contributed by atoms with van der Waals surface area (Å²) >= 11 is 0. The van der Waals surface area contributed by atoms with Crippen LogP contribution in [0.2, 0.25) is 19.6 Å². The SMILES string of the molecule is C[Si](C)(C)C#Cc1cccc2ccccc12. The average molecular weight is 224 g/mol. The van der Waals surface area contributed by atoms with Gasteiger partial charge in [-0.2, -0.15) is 0 Å². The van der Waals surface area contributed by atoms with Gasteiger partial charge in [-0.3, -0.25) is 0 Å². The zero-order chi connectivity index (χ0) is 11.6. The van der Waals surface area contributed by atoms with Crippen molar-refractivity contribution < 1.29 is 0 Å². The van der Waals surface area contributed by atoms with Crippen molar-refractivity contribution in [2.24, 2.45) is 0 Å². The van der Waals surface area contributed by atoms with Gasteiger partial charge < -0.3 is 0 Å². The van der Waals surface area contributed by atoms with Gasteiger partial charge in [-0.15, -0.1) is 5.54 Å². The van der Waals surface area contributed by atoms with Crippen LogP contribution >= 0.6 is 0 Å². The van der Waals surface area contributed by atoms with Crippen molar-refractivity contribution in [3.8, 4) is 11.5 Å². The normalized spacial score (nSPS) is 10.9. The first-order valence-corrected chi connectivity index (χ1v) is 9.07. The Bertz CT molecular complexity index is 560. The molecule has 1 heteroatoms. The van der Waals surface area contributed by atoms with E-state index in [4.69, 9.17) is 0 Å². The van der Waals surface area contributed by atoms with Crippen LogP contribution in [0.15, 0.2) is 42.5 Å². The van der Waals surface area contributed by atoms with Crippen LogP contribution in [0.4, 0.5) is 0 Å². The fourth-order valence-electron chi connectivity index (χ4n) is 1.59. The van der Waals surface area contributed by atoms with Crippen molar-refractivity contribution >= 4 is 18.8 Å². The quantitative estimate of drug-likeness (QED) is 0.467. The molecule has 0 amide bonds. The standard InChI is InChI=1S/C15H16Si/c1-16(2,3)12-11-14-9-6-8-13-7-4-5-10-15(13)14/h4-10H,1-3H3. The Balaban J connectivity index is 2.56. The fourth-order valence-corrected chi connectivity index (χ4v) is 2.10. The molecule has 0 N–H and O–H groups in total. The van der Waals surface area contributed by atoms with Crippen LogP contribution < -0.4 is 0 Å². The molecule has 0 nitrogen and oxygen atoms in total. The van der Waals surface area contributed by atoms with E-state index in [2.05, 4.69) is 73.6 Å². The number of fused-ring (bicyclic) bond motifs is 1. The predicted molar refractivity (Wildman–Crippen MR) is 74.2 cm³/mol. The minimum absolute atomic E-state index is 1.15. The third-order valence-corrected chi connectivity index (χ3v) is 3.24. The third kappa shape index (κ3) is 2.53. The zero-order valence-electron chi connectivity index (χ0n) is 10.0. The van der Waals surface area contributed by atoms with Gasteiger partial charge >= 0.3 is 0 Å². The van der Waals surface area contributed by atoms with Crippen molar-refractivity contribution in [1.29, 1.82) is 0 Å². The molecule has 0 fully saturated rings. The topological polar surface area (TPSA) is 0 Å². The highest BCUT2D eigenvalue weighted by Gasteiger charge is 2.07. The molecule has 0 aromatic heterocycles. The van der Waals surface area contributed by atoms with Crippen LogP contribution in [0.25, 0.3) is 10.8 Å². The Morgan fingerprint density at radius 3 is 2.31 bits per heavy atom. The monoisotopic (exact) mass is 224 g/mol. The van der Waals surface area contributed by atoms with E-state index in [1.165, 1.54) is 10.8 Å². The molecule has 2 aromatic carbocycles. The first-order chi connectivity index (χ1) is 7.56. The second-order valence-corrected chi connectivity index (χ2v) is 9.78. The summed E-state index contributed by atoms with van der Waals surface area (Å²) in [6.07, 6.45) is 0. The van der Waals surface area contributed by atoms with Crippen molar-refractivity contribution in [3.05, 3.63) is 48.0 Å². The van der Waals surface area contributed by atoms with Gasteiger partial charge in [0.05, 0.1) is 0 Å². The second kappa shape index (κ2) is 4.15. The van der Waals surface area contributed by atoms with Crippen LogP contribution in [-0.4, -0.2) is 8.07 Å². The Labute approximate surface area is 98.3 Å². The summed E-state index contributed by atoms with van der Waals surface area (Å²) in [5.74, 6) is 3.34. The molecular formula is C15H16Si. The maximum Gasteiger partial charge on any atom is 0.129 e. The summed E-state index contributed by atoms with van der Waals surface area (Å²) in [6, 6.07) is 14.7. The second-order valence-electron chi connectivity index (χ2n) is 5.03. The third-order valence-electron chi connectivity index (χ3n) is 2.36. The molecule has 0 heterocycles. The molecule has 2 aromatic rings. The minimum atomic E-state index is -1.29. The molecule has 0 saturated carbocycles. The predicted octanol–water partition coefficient (Wildman–Crippen LogP) is 4.07. The molecule has 0 unspecified atom stereocenters. The first kappa shape index (κ1) is 11.0. The molecule has 0 spiro atoms. The molecule has 16 heavy (non-hydrogen) atoms. The Hall–Kier alpha value is -1.52. The van der Waals surface area contributed by atoms with Crippen molar-refractivity contribution in [2.45, 2.75) is 19.6 Å². The number of hydrogen-bond donors (Lipinski definition) is 0. The van der Waals surface area contributed by atoms with Gasteiger partial charge in [0.1, 0.15) is 8.07 Å². The zero-order valence-corrected chi connectivity index (χ0v) is 11.0. The highest BCUT2D eigenvalue weighted by Crippen LogP contribution is 2.17. The van der Waals surface area contributed by atoms with Gasteiger partial charge in [-0.25, -0.2) is 0 Å². The van der Waals surface area contributed by atoms with Crippen LogP contribution in [0.1, 0.15) is 5.56 Å². The fraction of sp³-hybridized carbons (Fsp3) is 0.200. The molecule has 2 rings (SSSR count). The van der Waals surface area contributed by atoms with Gasteiger partial charge in [-0.1, -0.05) is 62.0 Å². The van der Waals surface area contributed by atoms with Crippen LogP contribution in [0.5, 0.6) is 0 Å². The summed E-state index contributed by atoms with van der Waals surface area (Å²) in [5.41, 5.74) is 4.57. The van der Waals surface area contributed by atoms with E-state index in [1.54, 1.807) is 0 Å². The highest BCUT2D eigenvalue weighted by atomic mass is 28.3. The molecule has 0 aliphatic rings. The lowest BCUT2D eigenvalue weighted by atomic mass is 10.1. The number of hydrogen-bond acceptors (Lipinski definition) is 0. The minimum Gasteiger partial charge on any atom is -0.127 e. The lowest BCUT2D eigenvalue weighted by Crippen LogP contribution is -2.16. The molecule has 0 aliphatic heterocycles. The van der Waals surface area contributed by atoms with Crippen molar-refractivity contribution in [2.75, 3.05) is 0 Å². The lowest BCUT2D eigenvalue weighted by molar-refractivity contribution is 1.70. The molecule has 80 valence electrons. The van der Waals surface area contributed by atoms with Gasteiger partial charge in [0.2, 0.25) is 0 Å². The van der Waals surface area contributed by atoms with E-state index in [0.717, 1.165) is 5.56 Å². The molecule has 0 radical (unpaired) electrons. The van der Waals surface area contributed by atoms with Crippen LogP contribution in [-0.2, 0) is 0 Å². The molecule has 0 bridgehead atoms. The van der Waals surface area contributed by atoms with Gasteiger partial charge in [0.25, 0.3) is 0 Å². The molecule has 0 saturated heterocycles.